The van der Waals surface area contributed by atoms with E-state index in [-0.39, 0.29) is 24.8 Å². The summed E-state index contributed by atoms with van der Waals surface area (Å²) in [6.07, 6.45) is 0.306. The first kappa shape index (κ1) is 16.5. The summed E-state index contributed by atoms with van der Waals surface area (Å²) < 4.78 is 0. The van der Waals surface area contributed by atoms with Crippen LogP contribution < -0.4 is 11.5 Å². The van der Waals surface area contributed by atoms with Gasteiger partial charge in [-0.3, -0.25) is 4.79 Å². The lowest BCUT2D eigenvalue weighted by atomic mass is 10.1. The summed E-state index contributed by atoms with van der Waals surface area (Å²) in [5.41, 5.74) is 12.3. The van der Waals surface area contributed by atoms with Crippen LogP contribution in [0.1, 0.15) is 5.56 Å². The molecule has 6 heteroatoms. The van der Waals surface area contributed by atoms with Crippen LogP contribution in [0.4, 0.5) is 5.69 Å². The maximum atomic E-state index is 10.4. The van der Waals surface area contributed by atoms with E-state index in [0.717, 1.165) is 5.56 Å². The predicted molar refractivity (Wildman–Crippen MR) is 64.7 cm³/mol. The minimum atomic E-state index is -0.998. The Morgan fingerprint density at radius 1 is 1.40 bits per heavy atom. The Kier molecular flexibility index (Phi) is 8.05. The molecule has 0 heterocycles. The van der Waals surface area contributed by atoms with Crippen molar-refractivity contribution >= 4 is 36.5 Å². The van der Waals surface area contributed by atoms with Crippen molar-refractivity contribution in [3.63, 3.8) is 0 Å². The maximum absolute atomic E-state index is 10.4. The standard InChI is InChI=1S/C9H12N2O2.2ClH/c10-7-3-1-2-6(4-7)5-8(11)9(12)13;;/h1-4,8H,5,10-11H2,(H,12,13);2*1H. The van der Waals surface area contributed by atoms with Crippen molar-refractivity contribution < 1.29 is 9.90 Å². The number of rotatable bonds is 3. The van der Waals surface area contributed by atoms with Crippen molar-refractivity contribution in [2.24, 2.45) is 5.73 Å². The first-order valence-electron chi connectivity index (χ1n) is 3.92. The highest BCUT2D eigenvalue weighted by Gasteiger charge is 2.11. The third-order valence-corrected chi connectivity index (χ3v) is 1.72. The molecular weight excluding hydrogens is 239 g/mol. The van der Waals surface area contributed by atoms with E-state index in [4.69, 9.17) is 16.6 Å². The summed E-state index contributed by atoms with van der Waals surface area (Å²) >= 11 is 0. The fourth-order valence-corrected chi connectivity index (χ4v) is 1.06. The molecule has 0 amide bonds. The molecule has 4 nitrogen and oxygen atoms in total. The van der Waals surface area contributed by atoms with Gasteiger partial charge in [0.1, 0.15) is 6.04 Å². The second-order valence-electron chi connectivity index (χ2n) is 2.89. The number of nitrogens with two attached hydrogens (primary N) is 2. The van der Waals surface area contributed by atoms with Crippen LogP contribution in [0.5, 0.6) is 0 Å². The smallest absolute Gasteiger partial charge is 0.320 e. The molecule has 0 saturated heterocycles. The summed E-state index contributed by atoms with van der Waals surface area (Å²) in [7, 11) is 0. The van der Waals surface area contributed by atoms with Gasteiger partial charge in [0.15, 0.2) is 0 Å². The Morgan fingerprint density at radius 2 is 2.00 bits per heavy atom. The number of carbonyl (C=O) groups is 1. The molecule has 0 spiro atoms. The SMILES string of the molecule is Cl.Cl.Nc1cccc(CC(N)C(=O)O)c1. The van der Waals surface area contributed by atoms with Crippen molar-refractivity contribution in [1.82, 2.24) is 0 Å². The molecule has 0 aliphatic rings. The molecule has 0 aliphatic heterocycles. The van der Waals surface area contributed by atoms with Crippen molar-refractivity contribution in [3.8, 4) is 0 Å². The Labute approximate surface area is 100 Å². The zero-order valence-corrected chi connectivity index (χ0v) is 9.55. The van der Waals surface area contributed by atoms with E-state index in [1.165, 1.54) is 0 Å². The van der Waals surface area contributed by atoms with Gasteiger partial charge in [0, 0.05) is 5.69 Å². The van der Waals surface area contributed by atoms with E-state index < -0.39 is 12.0 Å². The van der Waals surface area contributed by atoms with Crippen LogP contribution in [-0.2, 0) is 11.2 Å². The quantitative estimate of drug-likeness (QED) is 0.703. The topological polar surface area (TPSA) is 89.3 Å². The van der Waals surface area contributed by atoms with Gasteiger partial charge in [-0.15, -0.1) is 24.8 Å². The van der Waals surface area contributed by atoms with Crippen LogP contribution in [0.3, 0.4) is 0 Å². The van der Waals surface area contributed by atoms with Gasteiger partial charge in [-0.2, -0.15) is 0 Å². The monoisotopic (exact) mass is 252 g/mol. The molecule has 1 atom stereocenters. The Balaban J connectivity index is 0. The Hall–Kier alpha value is -0.970. The molecule has 1 rings (SSSR count). The van der Waals surface area contributed by atoms with E-state index >= 15 is 0 Å². The van der Waals surface area contributed by atoms with Gasteiger partial charge in [-0.1, -0.05) is 12.1 Å². The van der Waals surface area contributed by atoms with Crippen LogP contribution >= 0.6 is 24.8 Å². The normalized spacial score (nSPS) is 10.7. The number of carboxylic acid groups (broad SMARTS) is 1. The molecule has 86 valence electrons. The highest BCUT2D eigenvalue weighted by atomic mass is 35.5. The summed E-state index contributed by atoms with van der Waals surface area (Å²) in [4.78, 5) is 10.4. The van der Waals surface area contributed by atoms with E-state index in [1.54, 1.807) is 24.3 Å². The predicted octanol–water partition coefficient (Wildman–Crippen LogP) is 1.07. The van der Waals surface area contributed by atoms with Crippen LogP contribution in [0.2, 0.25) is 0 Å². The fourth-order valence-electron chi connectivity index (χ4n) is 1.06. The Morgan fingerprint density at radius 3 is 2.47 bits per heavy atom. The molecule has 0 radical (unpaired) electrons. The number of aliphatic carboxylic acids is 1. The third kappa shape index (κ3) is 5.47. The number of anilines is 1. The minimum Gasteiger partial charge on any atom is -0.480 e. The van der Waals surface area contributed by atoms with Crippen molar-refractivity contribution in [2.45, 2.75) is 12.5 Å². The molecule has 1 aromatic carbocycles. The minimum absolute atomic E-state index is 0. The van der Waals surface area contributed by atoms with Crippen LogP contribution in [0, 0.1) is 0 Å². The second-order valence-corrected chi connectivity index (χ2v) is 2.89. The first-order chi connectivity index (χ1) is 6.09. The van der Waals surface area contributed by atoms with Gasteiger partial charge >= 0.3 is 5.97 Å². The highest BCUT2D eigenvalue weighted by Crippen LogP contribution is 2.08. The van der Waals surface area contributed by atoms with Crippen molar-refractivity contribution in [2.75, 3.05) is 5.73 Å². The van der Waals surface area contributed by atoms with E-state index in [9.17, 15) is 4.79 Å². The molecule has 15 heavy (non-hydrogen) atoms. The highest BCUT2D eigenvalue weighted by molar-refractivity contribution is 5.85. The summed E-state index contributed by atoms with van der Waals surface area (Å²) in [5.74, 6) is -0.998. The Bertz CT molecular complexity index is 321. The van der Waals surface area contributed by atoms with Crippen LogP contribution in [0.25, 0.3) is 0 Å². The van der Waals surface area contributed by atoms with Gasteiger partial charge in [-0.25, -0.2) is 0 Å². The van der Waals surface area contributed by atoms with Crippen LogP contribution in [0.15, 0.2) is 24.3 Å². The summed E-state index contributed by atoms with van der Waals surface area (Å²) in [6, 6.07) is 6.19. The number of nitrogen functional groups attached to an aromatic ring is 1. The third-order valence-electron chi connectivity index (χ3n) is 1.72. The molecule has 0 aliphatic carbocycles. The summed E-state index contributed by atoms with van der Waals surface area (Å²) in [5, 5.41) is 8.56. The van der Waals surface area contributed by atoms with Crippen LogP contribution in [-0.4, -0.2) is 17.1 Å². The molecule has 1 unspecified atom stereocenters. The number of benzene rings is 1. The fraction of sp³-hybridized carbons (Fsp3) is 0.222. The number of carboxylic acids is 1. The van der Waals surface area contributed by atoms with Gasteiger partial charge in [0.05, 0.1) is 0 Å². The lowest BCUT2D eigenvalue weighted by Crippen LogP contribution is -2.32. The molecule has 0 saturated carbocycles. The van der Waals surface area contributed by atoms with E-state index in [2.05, 4.69) is 0 Å². The lowest BCUT2D eigenvalue weighted by Gasteiger charge is -2.06. The second kappa shape index (κ2) is 7.34. The molecule has 0 aromatic heterocycles. The lowest BCUT2D eigenvalue weighted by molar-refractivity contribution is -0.138. The number of hydrogen-bond acceptors (Lipinski definition) is 3. The van der Waals surface area contributed by atoms with E-state index in [1.807, 2.05) is 0 Å². The molecule has 1 aromatic rings. The van der Waals surface area contributed by atoms with Gasteiger partial charge < -0.3 is 16.6 Å². The van der Waals surface area contributed by atoms with Crippen molar-refractivity contribution in [3.05, 3.63) is 29.8 Å². The zero-order valence-electron chi connectivity index (χ0n) is 7.92. The van der Waals surface area contributed by atoms with Gasteiger partial charge in [0.2, 0.25) is 0 Å². The number of hydrogen-bond donors (Lipinski definition) is 3. The number of halogens is 2. The van der Waals surface area contributed by atoms with Gasteiger partial charge in [0.25, 0.3) is 0 Å². The zero-order chi connectivity index (χ0) is 9.84. The van der Waals surface area contributed by atoms with E-state index in [0.29, 0.717) is 12.1 Å². The molecule has 5 N–H and O–H groups in total. The largest absolute Gasteiger partial charge is 0.480 e. The van der Waals surface area contributed by atoms with Crippen molar-refractivity contribution in [1.29, 1.82) is 0 Å². The molecule has 0 fully saturated rings. The average Bonchev–Trinajstić information content (AvgIpc) is 2.04. The summed E-state index contributed by atoms with van der Waals surface area (Å²) in [6.45, 7) is 0. The molecular formula is C9H14Cl2N2O2. The molecule has 0 bridgehead atoms. The first-order valence-corrected chi connectivity index (χ1v) is 3.92. The maximum Gasteiger partial charge on any atom is 0.320 e. The average molecular weight is 253 g/mol. The van der Waals surface area contributed by atoms with Gasteiger partial charge in [-0.05, 0) is 24.1 Å².